The number of methoxy groups -OCH3 is 2. The Morgan fingerprint density at radius 2 is 1.31 bits per heavy atom. The van der Waals surface area contributed by atoms with E-state index in [1.165, 1.54) is 12.1 Å². The number of carboxylic acids is 1. The van der Waals surface area contributed by atoms with Crippen LogP contribution in [0.15, 0.2) is 69.6 Å². The SMILES string of the molecule is COCCOCCOCCOCC[N+](CCOCCOCCOCCOC)=c1ccc2c(/C=C/C=C3/N(CCCCCC(=O)O)c4ccc(S(=O)(=O)[O-])cc4C3(C)C)cc(C(C)(C)C)oc-2c1. The fourth-order valence-electron chi connectivity index (χ4n) is 7.51. The van der Waals surface area contributed by atoms with E-state index in [0.717, 1.165) is 45.6 Å². The summed E-state index contributed by atoms with van der Waals surface area (Å²) in [4.78, 5) is 13.0. The maximum absolute atomic E-state index is 12.1. The zero-order valence-electron chi connectivity index (χ0n) is 40.7. The third kappa shape index (κ3) is 18.4. The lowest BCUT2D eigenvalue weighted by Gasteiger charge is -2.27. The van der Waals surface area contributed by atoms with Gasteiger partial charge in [0.2, 0.25) is 5.36 Å². The van der Waals surface area contributed by atoms with Crippen LogP contribution in [0.25, 0.3) is 17.4 Å². The Kier molecular flexibility index (Phi) is 23.6. The zero-order valence-corrected chi connectivity index (χ0v) is 41.5. The molecule has 1 N–H and O–H groups in total. The summed E-state index contributed by atoms with van der Waals surface area (Å²) in [6.07, 6.45) is 8.18. The van der Waals surface area contributed by atoms with Crippen molar-refractivity contribution in [3.05, 3.63) is 82.6 Å². The van der Waals surface area contributed by atoms with Gasteiger partial charge in [0.25, 0.3) is 0 Å². The van der Waals surface area contributed by atoms with Crippen LogP contribution in [0.1, 0.15) is 77.2 Å². The minimum Gasteiger partial charge on any atom is -0.744 e. The molecule has 2 aliphatic heterocycles. The first-order valence-corrected chi connectivity index (χ1v) is 24.6. The number of benzene rings is 2. The lowest BCUT2D eigenvalue weighted by Crippen LogP contribution is -2.36. The predicted molar refractivity (Wildman–Crippen MR) is 256 cm³/mol. The van der Waals surface area contributed by atoms with Crippen molar-refractivity contribution in [3.63, 3.8) is 0 Å². The largest absolute Gasteiger partial charge is 0.744 e. The van der Waals surface area contributed by atoms with E-state index in [4.69, 9.17) is 47.4 Å². The number of aliphatic carboxylic acids is 1. The number of hydrogen-bond donors (Lipinski definition) is 1. The van der Waals surface area contributed by atoms with Crippen LogP contribution in [0, 0.1) is 0 Å². The molecule has 1 aromatic carbocycles. The summed E-state index contributed by atoms with van der Waals surface area (Å²) < 4.78 is 89.3. The molecule has 374 valence electrons. The van der Waals surface area contributed by atoms with Crippen LogP contribution in [0.2, 0.25) is 0 Å². The molecule has 17 heteroatoms. The van der Waals surface area contributed by atoms with Crippen molar-refractivity contribution in [2.45, 2.75) is 76.0 Å². The van der Waals surface area contributed by atoms with E-state index in [1.54, 1.807) is 20.3 Å². The van der Waals surface area contributed by atoms with Crippen LogP contribution < -0.4 is 14.8 Å². The molecule has 0 aromatic heterocycles. The van der Waals surface area contributed by atoms with Crippen molar-refractivity contribution in [1.82, 2.24) is 4.58 Å². The summed E-state index contributed by atoms with van der Waals surface area (Å²) in [7, 11) is -1.39. The van der Waals surface area contributed by atoms with Gasteiger partial charge in [0.1, 0.15) is 34.9 Å². The van der Waals surface area contributed by atoms with Crippen molar-refractivity contribution < 1.29 is 65.2 Å². The number of carbonyl (C=O) groups is 1. The molecule has 67 heavy (non-hydrogen) atoms. The number of nitrogens with zero attached hydrogens (tertiary/aromatic N) is 2. The second kappa shape index (κ2) is 28.5. The number of hydrogen-bond acceptors (Lipinski definition) is 14. The van der Waals surface area contributed by atoms with Crippen LogP contribution in [-0.4, -0.2) is 150 Å². The fourth-order valence-corrected chi connectivity index (χ4v) is 8.01. The molecule has 0 amide bonds. The van der Waals surface area contributed by atoms with Gasteiger partial charge < -0.3 is 56.9 Å². The van der Waals surface area contributed by atoms with Crippen molar-refractivity contribution in [2.24, 2.45) is 0 Å². The van der Waals surface area contributed by atoms with Crippen LogP contribution in [0.3, 0.4) is 0 Å². The minimum atomic E-state index is -4.67. The van der Waals surface area contributed by atoms with Crippen molar-refractivity contribution in [2.75, 3.05) is 131 Å². The summed E-state index contributed by atoms with van der Waals surface area (Å²) >= 11 is 0. The molecule has 16 nitrogen and oxygen atoms in total. The lowest BCUT2D eigenvalue weighted by atomic mass is 9.83. The van der Waals surface area contributed by atoms with Gasteiger partial charge >= 0.3 is 5.97 Å². The van der Waals surface area contributed by atoms with E-state index < -0.39 is 21.5 Å². The zero-order chi connectivity index (χ0) is 48.7. The molecule has 0 fully saturated rings. The van der Waals surface area contributed by atoms with Gasteiger partial charge in [-0.25, -0.2) is 13.0 Å². The molecule has 2 heterocycles. The molecule has 0 atom stereocenters. The monoisotopic (exact) mass is 958 g/mol. The predicted octanol–water partition coefficient (Wildman–Crippen LogP) is 6.09. The Hall–Kier alpha value is -4.01. The number of carboxylic acid groups (broad SMARTS) is 1. The number of rotatable bonds is 33. The van der Waals surface area contributed by atoms with E-state index >= 15 is 0 Å². The highest BCUT2D eigenvalue weighted by Gasteiger charge is 2.40. The van der Waals surface area contributed by atoms with Crippen LogP contribution >= 0.6 is 0 Å². The van der Waals surface area contributed by atoms with Crippen LogP contribution in [0.4, 0.5) is 5.69 Å². The summed E-state index contributed by atoms with van der Waals surface area (Å²) in [5.41, 5.74) is 3.41. The van der Waals surface area contributed by atoms with E-state index in [1.807, 2.05) is 26.0 Å². The number of allylic oxidation sites excluding steroid dienone is 3. The maximum atomic E-state index is 12.1. The summed E-state index contributed by atoms with van der Waals surface area (Å²) in [5, 5.41) is 10.1. The average Bonchev–Trinajstić information content (AvgIpc) is 3.49. The van der Waals surface area contributed by atoms with Gasteiger partial charge in [-0.2, -0.15) is 0 Å². The highest BCUT2D eigenvalue weighted by atomic mass is 32.2. The van der Waals surface area contributed by atoms with E-state index in [-0.39, 0.29) is 16.7 Å². The Balaban J connectivity index is 1.60. The van der Waals surface area contributed by atoms with Gasteiger partial charge in [0.05, 0.1) is 90.2 Å². The smallest absolute Gasteiger partial charge is 0.303 e. The molecule has 0 bridgehead atoms. The minimum absolute atomic E-state index is 0.0985. The van der Waals surface area contributed by atoms with Gasteiger partial charge in [-0.05, 0) is 60.4 Å². The van der Waals surface area contributed by atoms with Gasteiger partial charge in [-0.3, -0.25) is 4.79 Å². The third-order valence-corrected chi connectivity index (χ3v) is 12.0. The molecule has 4 rings (SSSR count). The topological polar surface area (TPSA) is 188 Å². The van der Waals surface area contributed by atoms with E-state index in [9.17, 15) is 17.8 Å². The number of fused-ring (bicyclic) bond motifs is 2. The van der Waals surface area contributed by atoms with Gasteiger partial charge in [0.15, 0.2) is 13.1 Å². The normalized spacial score (nSPS) is 14.5. The molecular weight excluding hydrogens is 885 g/mol. The lowest BCUT2D eigenvalue weighted by molar-refractivity contribution is -0.137. The third-order valence-electron chi connectivity index (χ3n) is 11.2. The van der Waals surface area contributed by atoms with Crippen LogP contribution in [0.5, 0.6) is 0 Å². The van der Waals surface area contributed by atoms with E-state index in [0.29, 0.717) is 131 Å². The Labute approximate surface area is 397 Å². The van der Waals surface area contributed by atoms with E-state index in [2.05, 4.69) is 60.6 Å². The molecule has 3 aliphatic rings. The summed E-state index contributed by atoms with van der Waals surface area (Å²) in [6.45, 7) is 19.0. The molecule has 0 saturated carbocycles. The fraction of sp³-hybridized carbons (Fsp3) is 0.600. The second-order valence-electron chi connectivity index (χ2n) is 17.7. The molecule has 0 saturated heterocycles. The molecular formula is C50H74N2O14S. The Bertz CT molecular complexity index is 2150. The first kappa shape index (κ1) is 55.6. The van der Waals surface area contributed by atoms with Gasteiger partial charge in [-0.1, -0.05) is 53.2 Å². The van der Waals surface area contributed by atoms with Crippen LogP contribution in [-0.2, 0) is 63.6 Å². The molecule has 1 aliphatic carbocycles. The van der Waals surface area contributed by atoms with Crippen molar-refractivity contribution in [1.29, 1.82) is 0 Å². The maximum Gasteiger partial charge on any atom is 0.303 e. The number of ether oxygens (including phenoxy) is 8. The molecule has 0 radical (unpaired) electrons. The van der Waals surface area contributed by atoms with Crippen molar-refractivity contribution >= 4 is 27.9 Å². The standard InChI is InChI=1S/C50H74N2O14S/c1-49(2,3)47-36-39(12-11-13-46-50(4,5)43-38-41(67(55,56)57)16-18-44(43)52(46)19-10-8-9-14-48(53)54)42-17-15-40(37-45(42)66-47)51(20-22-60-28-30-64-34-32-62-26-24-58-6)21-23-61-29-31-65-35-33-63-27-25-59-7/h11-13,15-18,36-38H,8-10,14,19-35H2,1-7H3,(H-,53,54,55,56,57). The highest BCUT2D eigenvalue weighted by Crippen LogP contribution is 2.48. The average molecular weight is 959 g/mol. The van der Waals surface area contributed by atoms with Gasteiger partial charge in [-0.15, -0.1) is 0 Å². The first-order chi connectivity index (χ1) is 32.1. The Morgan fingerprint density at radius 3 is 1.84 bits per heavy atom. The van der Waals surface area contributed by atoms with Crippen molar-refractivity contribution in [3.8, 4) is 11.3 Å². The van der Waals surface area contributed by atoms with Gasteiger partial charge in [0, 0.05) is 61.0 Å². The summed E-state index contributed by atoms with van der Waals surface area (Å²) in [5.74, 6) is 0.695. The Morgan fingerprint density at radius 1 is 0.761 bits per heavy atom. The second-order valence-corrected chi connectivity index (χ2v) is 19.0. The highest BCUT2D eigenvalue weighted by molar-refractivity contribution is 7.85. The molecule has 0 spiro atoms. The molecule has 0 unspecified atom stereocenters. The quantitative estimate of drug-likeness (QED) is 0.0420. The number of anilines is 1. The molecule has 1 aromatic rings. The first-order valence-electron chi connectivity index (χ1n) is 23.2. The summed E-state index contributed by atoms with van der Waals surface area (Å²) in [6, 6.07) is 12.8. The number of unbranched alkanes of at least 4 members (excludes halogenated alkanes) is 2.